The number of hydrogen-bond acceptors (Lipinski definition) is 5. The summed E-state index contributed by atoms with van der Waals surface area (Å²) in [4.78, 5) is 33.6. The number of alkyl halides is 3. The highest BCUT2D eigenvalue weighted by Gasteiger charge is 2.31. The van der Waals surface area contributed by atoms with Crippen LogP contribution in [0.25, 0.3) is 21.3 Å². The molecule has 1 unspecified atom stereocenters. The molecule has 2 heterocycles. The number of rotatable bonds is 6. The average molecular weight is 502 g/mol. The monoisotopic (exact) mass is 502 g/mol. The maximum absolute atomic E-state index is 13.1. The molecule has 2 aromatic heterocycles. The third-order valence-corrected chi connectivity index (χ3v) is 6.16. The molecule has 0 saturated heterocycles. The number of amides is 2. The number of pyridine rings is 1. The van der Waals surface area contributed by atoms with Gasteiger partial charge in [0, 0.05) is 23.9 Å². The molecule has 11 heteroatoms. The predicted octanol–water partition coefficient (Wildman–Crippen LogP) is 5.12. The first-order chi connectivity index (χ1) is 16.7. The first-order valence-corrected chi connectivity index (χ1v) is 11.3. The zero-order valence-electron chi connectivity index (χ0n) is 18.2. The normalized spacial score (nSPS) is 12.4. The standard InChI is InChI=1S/C24H18F4N4O2S/c1-2-29-22(34)20(32-21(33)13-3-7-16(8-4-13)24(26,27)28)23-31-17-9-5-14(11-18(17)35-23)15-6-10-19(25)30-12-15/h3-12,20H,2H2,1H3,(H,29,34)(H,32,33). The van der Waals surface area contributed by atoms with E-state index in [4.69, 9.17) is 0 Å². The third-order valence-electron chi connectivity index (χ3n) is 5.08. The Labute approximate surface area is 201 Å². The van der Waals surface area contributed by atoms with Gasteiger partial charge in [0.2, 0.25) is 11.9 Å². The van der Waals surface area contributed by atoms with Gasteiger partial charge in [-0.15, -0.1) is 11.3 Å². The van der Waals surface area contributed by atoms with Gasteiger partial charge in [0.05, 0.1) is 15.8 Å². The van der Waals surface area contributed by atoms with Crippen LogP contribution in [0, 0.1) is 5.95 Å². The van der Waals surface area contributed by atoms with Gasteiger partial charge in [-0.25, -0.2) is 9.97 Å². The lowest BCUT2D eigenvalue weighted by Crippen LogP contribution is -2.40. The molecule has 0 radical (unpaired) electrons. The summed E-state index contributed by atoms with van der Waals surface area (Å²) in [6.07, 6.45) is -3.12. The van der Waals surface area contributed by atoms with Crippen LogP contribution in [0.3, 0.4) is 0 Å². The number of carbonyl (C=O) groups excluding carboxylic acids is 2. The molecule has 0 bridgehead atoms. The number of halogens is 4. The fourth-order valence-corrected chi connectivity index (χ4v) is 4.39. The number of nitrogens with one attached hydrogen (secondary N) is 2. The molecule has 2 aromatic carbocycles. The number of aromatic nitrogens is 2. The van der Waals surface area contributed by atoms with Crippen LogP contribution in [0.1, 0.15) is 33.9 Å². The predicted molar refractivity (Wildman–Crippen MR) is 123 cm³/mol. The van der Waals surface area contributed by atoms with E-state index in [-0.39, 0.29) is 5.56 Å². The van der Waals surface area contributed by atoms with Crippen LogP contribution in [-0.2, 0) is 11.0 Å². The number of carbonyl (C=O) groups is 2. The average Bonchev–Trinajstić information content (AvgIpc) is 3.25. The fraction of sp³-hybridized carbons (Fsp3) is 0.167. The Bertz CT molecular complexity index is 1370. The minimum absolute atomic E-state index is 0.0282. The number of fused-ring (bicyclic) bond motifs is 1. The Hall–Kier alpha value is -3.86. The van der Waals surface area contributed by atoms with E-state index in [1.54, 1.807) is 25.1 Å². The van der Waals surface area contributed by atoms with Crippen molar-refractivity contribution in [3.63, 3.8) is 0 Å². The van der Waals surface area contributed by atoms with Crippen LogP contribution in [0.2, 0.25) is 0 Å². The quantitative estimate of drug-likeness (QED) is 0.283. The molecule has 1 atom stereocenters. The lowest BCUT2D eigenvalue weighted by Gasteiger charge is -2.16. The molecule has 2 amide bonds. The van der Waals surface area contributed by atoms with Gasteiger partial charge >= 0.3 is 6.18 Å². The Morgan fingerprint density at radius 1 is 1.03 bits per heavy atom. The molecule has 0 aliphatic heterocycles. The highest BCUT2D eigenvalue weighted by molar-refractivity contribution is 7.18. The zero-order valence-corrected chi connectivity index (χ0v) is 19.0. The molecular formula is C24H18F4N4O2S. The van der Waals surface area contributed by atoms with Crippen molar-refractivity contribution >= 4 is 33.4 Å². The summed E-state index contributed by atoms with van der Waals surface area (Å²) in [5.41, 5.74) is 1.14. The van der Waals surface area contributed by atoms with Crippen LogP contribution in [0.5, 0.6) is 0 Å². The number of nitrogens with zero attached hydrogens (tertiary/aromatic N) is 2. The van der Waals surface area contributed by atoms with Gasteiger partial charge in [-0.1, -0.05) is 6.07 Å². The van der Waals surface area contributed by atoms with Crippen molar-refractivity contribution in [1.82, 2.24) is 20.6 Å². The van der Waals surface area contributed by atoms with Crippen LogP contribution >= 0.6 is 11.3 Å². The molecule has 35 heavy (non-hydrogen) atoms. The minimum Gasteiger partial charge on any atom is -0.354 e. The summed E-state index contributed by atoms with van der Waals surface area (Å²) < 4.78 is 52.3. The lowest BCUT2D eigenvalue weighted by atomic mass is 10.1. The van der Waals surface area contributed by atoms with Crippen LogP contribution in [0.4, 0.5) is 17.6 Å². The van der Waals surface area contributed by atoms with Gasteiger partial charge in [0.15, 0.2) is 6.04 Å². The second-order valence-electron chi connectivity index (χ2n) is 7.48. The molecule has 180 valence electrons. The van der Waals surface area contributed by atoms with Gasteiger partial charge in [-0.05, 0) is 61.0 Å². The van der Waals surface area contributed by atoms with E-state index in [9.17, 15) is 27.2 Å². The highest BCUT2D eigenvalue weighted by atomic mass is 32.1. The third kappa shape index (κ3) is 5.46. The summed E-state index contributed by atoms with van der Waals surface area (Å²) in [6.45, 7) is 2.02. The highest BCUT2D eigenvalue weighted by Crippen LogP contribution is 2.32. The fourth-order valence-electron chi connectivity index (χ4n) is 3.33. The number of likely N-dealkylation sites (N-methyl/N-ethyl adjacent to an activating group) is 1. The van der Waals surface area contributed by atoms with E-state index in [2.05, 4.69) is 20.6 Å². The van der Waals surface area contributed by atoms with E-state index < -0.39 is 35.5 Å². The van der Waals surface area contributed by atoms with Crippen LogP contribution in [0.15, 0.2) is 60.8 Å². The first-order valence-electron chi connectivity index (χ1n) is 10.4. The van der Waals surface area contributed by atoms with Crippen molar-refractivity contribution in [3.8, 4) is 11.1 Å². The largest absolute Gasteiger partial charge is 0.416 e. The van der Waals surface area contributed by atoms with Crippen molar-refractivity contribution < 1.29 is 27.2 Å². The molecule has 0 aliphatic carbocycles. The number of hydrogen-bond donors (Lipinski definition) is 2. The maximum Gasteiger partial charge on any atom is 0.416 e. The molecule has 4 aromatic rings. The second-order valence-corrected chi connectivity index (χ2v) is 8.54. The summed E-state index contributed by atoms with van der Waals surface area (Å²) in [7, 11) is 0. The SMILES string of the molecule is CCNC(=O)C(NC(=O)c1ccc(C(F)(F)F)cc1)c1nc2ccc(-c3ccc(F)nc3)cc2s1. The Morgan fingerprint density at radius 3 is 2.37 bits per heavy atom. The summed E-state index contributed by atoms with van der Waals surface area (Å²) in [5.74, 6) is -1.81. The van der Waals surface area contributed by atoms with Gasteiger partial charge in [-0.2, -0.15) is 17.6 Å². The molecule has 0 fully saturated rings. The van der Waals surface area contributed by atoms with Gasteiger partial charge in [-0.3, -0.25) is 9.59 Å². The van der Waals surface area contributed by atoms with Crippen molar-refractivity contribution in [2.24, 2.45) is 0 Å². The van der Waals surface area contributed by atoms with Crippen molar-refractivity contribution in [2.45, 2.75) is 19.1 Å². The van der Waals surface area contributed by atoms with Crippen LogP contribution in [-0.4, -0.2) is 28.3 Å². The molecule has 0 saturated carbocycles. The van der Waals surface area contributed by atoms with Crippen LogP contribution < -0.4 is 10.6 Å². The summed E-state index contributed by atoms with van der Waals surface area (Å²) >= 11 is 1.18. The summed E-state index contributed by atoms with van der Waals surface area (Å²) in [5, 5.41) is 5.51. The zero-order chi connectivity index (χ0) is 25.2. The molecule has 2 N–H and O–H groups in total. The number of thiazole rings is 1. The summed E-state index contributed by atoms with van der Waals surface area (Å²) in [6, 6.07) is 10.7. The molecular weight excluding hydrogens is 484 g/mol. The van der Waals surface area contributed by atoms with Gasteiger partial charge in [0.1, 0.15) is 5.01 Å². The topological polar surface area (TPSA) is 84.0 Å². The first kappa shape index (κ1) is 24.3. The van der Waals surface area contributed by atoms with E-state index >= 15 is 0 Å². The Kier molecular flexibility index (Phi) is 6.79. The van der Waals surface area contributed by atoms with E-state index in [1.165, 1.54) is 23.6 Å². The van der Waals surface area contributed by atoms with E-state index in [1.807, 2.05) is 6.07 Å². The maximum atomic E-state index is 13.1. The van der Waals surface area contributed by atoms with Gasteiger partial charge < -0.3 is 10.6 Å². The lowest BCUT2D eigenvalue weighted by molar-refractivity contribution is -0.137. The molecule has 0 aliphatic rings. The van der Waals surface area contributed by atoms with Crippen molar-refractivity contribution in [1.29, 1.82) is 0 Å². The Morgan fingerprint density at radius 2 is 1.74 bits per heavy atom. The van der Waals surface area contributed by atoms with E-state index in [0.717, 1.165) is 34.5 Å². The van der Waals surface area contributed by atoms with Crippen molar-refractivity contribution in [2.75, 3.05) is 6.54 Å². The van der Waals surface area contributed by atoms with Gasteiger partial charge in [0.25, 0.3) is 5.91 Å². The molecule has 4 rings (SSSR count). The Balaban J connectivity index is 1.63. The second kappa shape index (κ2) is 9.79. The molecule has 6 nitrogen and oxygen atoms in total. The van der Waals surface area contributed by atoms with E-state index in [0.29, 0.717) is 22.6 Å². The van der Waals surface area contributed by atoms with Crippen molar-refractivity contribution in [3.05, 3.63) is 82.9 Å². The number of benzene rings is 2. The molecule has 0 spiro atoms. The minimum atomic E-state index is -4.53. The smallest absolute Gasteiger partial charge is 0.354 e.